The minimum atomic E-state index is -0.949. The number of hydrogen-bond donors (Lipinski definition) is 1. The van der Waals surface area contributed by atoms with Gasteiger partial charge in [-0.15, -0.1) is 0 Å². The molecule has 7 heteroatoms. The average molecular weight is 501 g/mol. The molecule has 1 amide bonds. The third-order valence-electron chi connectivity index (χ3n) is 8.11. The van der Waals surface area contributed by atoms with Crippen molar-refractivity contribution in [2.45, 2.75) is 44.6 Å². The second-order valence-corrected chi connectivity index (χ2v) is 10.2. The van der Waals surface area contributed by atoms with Crippen molar-refractivity contribution in [3.8, 4) is 17.0 Å². The molecule has 37 heavy (non-hydrogen) atoms. The first-order valence-electron chi connectivity index (χ1n) is 13.2. The number of carboxylic acid groups (broad SMARTS) is 1. The lowest BCUT2D eigenvalue weighted by atomic mass is 9.81. The molecule has 2 aromatic carbocycles. The summed E-state index contributed by atoms with van der Waals surface area (Å²) in [4.78, 5) is 27.6. The van der Waals surface area contributed by atoms with Crippen molar-refractivity contribution in [2.75, 3.05) is 33.4 Å². The number of aromatic nitrogens is 1. The summed E-state index contributed by atoms with van der Waals surface area (Å²) < 4.78 is 13.2. The standard InChI is InChI=1S/C30H32N2O5/c1-36-23-8-10-24-21(16-23)15-22(29(33)31-11-13-37-14-12-31)18-32-26-17-20(30(34)35)7-9-25(26)27(28(24)32)19-5-3-2-4-6-19/h7-10,15-17,19H,2-6,11-14,18H2,1H3,(H,34,35). The first-order valence-corrected chi connectivity index (χ1v) is 13.2. The molecule has 0 radical (unpaired) electrons. The number of benzene rings is 2. The fourth-order valence-corrected chi connectivity index (χ4v) is 6.27. The quantitative estimate of drug-likeness (QED) is 0.525. The van der Waals surface area contributed by atoms with Crippen LogP contribution in [0.15, 0.2) is 42.0 Å². The van der Waals surface area contributed by atoms with Gasteiger partial charge in [0.1, 0.15) is 5.75 Å². The number of aromatic carboxylic acids is 1. The van der Waals surface area contributed by atoms with Crippen molar-refractivity contribution in [3.63, 3.8) is 0 Å². The van der Waals surface area contributed by atoms with Crippen LogP contribution in [0.4, 0.5) is 0 Å². The Labute approximate surface area is 216 Å². The Morgan fingerprint density at radius 3 is 2.54 bits per heavy atom. The van der Waals surface area contributed by atoms with Gasteiger partial charge in [0.25, 0.3) is 5.91 Å². The molecule has 1 saturated carbocycles. The molecule has 2 fully saturated rings. The molecule has 3 aliphatic rings. The van der Waals surface area contributed by atoms with Crippen molar-refractivity contribution in [3.05, 3.63) is 58.7 Å². The Balaban J connectivity index is 1.61. The number of methoxy groups -OCH3 is 1. The molecule has 192 valence electrons. The van der Waals surface area contributed by atoms with E-state index in [1.54, 1.807) is 19.2 Å². The van der Waals surface area contributed by atoms with Gasteiger partial charge in [0.2, 0.25) is 0 Å². The minimum absolute atomic E-state index is 0.000348. The Hall–Kier alpha value is -3.58. The van der Waals surface area contributed by atoms with Gasteiger partial charge in [-0.3, -0.25) is 4.79 Å². The maximum Gasteiger partial charge on any atom is 0.335 e. The van der Waals surface area contributed by atoms with Crippen LogP contribution in [0.3, 0.4) is 0 Å². The Morgan fingerprint density at radius 1 is 1.03 bits per heavy atom. The smallest absolute Gasteiger partial charge is 0.335 e. The van der Waals surface area contributed by atoms with Crippen molar-refractivity contribution in [2.24, 2.45) is 0 Å². The fraction of sp³-hybridized carbons (Fsp3) is 0.400. The molecule has 1 aromatic heterocycles. The van der Waals surface area contributed by atoms with Crippen molar-refractivity contribution in [1.29, 1.82) is 0 Å². The predicted octanol–water partition coefficient (Wildman–Crippen LogP) is 5.32. The molecule has 7 nitrogen and oxygen atoms in total. The van der Waals surface area contributed by atoms with E-state index in [-0.39, 0.29) is 11.5 Å². The van der Waals surface area contributed by atoms with Crippen LogP contribution in [-0.4, -0.2) is 59.9 Å². The van der Waals surface area contributed by atoms with Gasteiger partial charge in [0.05, 0.1) is 38.1 Å². The van der Waals surface area contributed by atoms with Crippen molar-refractivity contribution >= 4 is 28.9 Å². The number of morpholine rings is 1. The second-order valence-electron chi connectivity index (χ2n) is 10.2. The largest absolute Gasteiger partial charge is 0.497 e. The van der Waals surface area contributed by atoms with E-state index in [0.717, 1.165) is 46.3 Å². The van der Waals surface area contributed by atoms with E-state index in [4.69, 9.17) is 9.47 Å². The first-order chi connectivity index (χ1) is 18.0. The third kappa shape index (κ3) is 4.21. The maximum atomic E-state index is 13.8. The number of hydrogen-bond acceptors (Lipinski definition) is 4. The number of carbonyl (C=O) groups excluding carboxylic acids is 1. The SMILES string of the molecule is COc1ccc2c(c1)C=C(C(=O)N1CCOCC1)Cn1c-2c(C2CCCCC2)c2ccc(C(=O)O)cc21. The predicted molar refractivity (Wildman–Crippen MR) is 142 cm³/mol. The molecule has 6 rings (SSSR count). The monoisotopic (exact) mass is 500 g/mol. The lowest BCUT2D eigenvalue weighted by molar-refractivity contribution is -0.131. The van der Waals surface area contributed by atoms with Crippen LogP contribution in [0.25, 0.3) is 28.2 Å². The van der Waals surface area contributed by atoms with Gasteiger partial charge < -0.3 is 24.0 Å². The Bertz CT molecular complexity index is 1410. The molecule has 3 heterocycles. The molecule has 2 aliphatic heterocycles. The van der Waals surface area contributed by atoms with E-state index in [2.05, 4.69) is 10.6 Å². The van der Waals surface area contributed by atoms with Gasteiger partial charge in [-0.05, 0) is 66.3 Å². The molecule has 1 N–H and O–H groups in total. The van der Waals surface area contributed by atoms with Crippen LogP contribution in [0.2, 0.25) is 0 Å². The van der Waals surface area contributed by atoms with Gasteiger partial charge >= 0.3 is 5.97 Å². The molecular weight excluding hydrogens is 468 g/mol. The molecule has 0 spiro atoms. The summed E-state index contributed by atoms with van der Waals surface area (Å²) in [6.45, 7) is 2.59. The highest BCUT2D eigenvalue weighted by atomic mass is 16.5. The summed E-state index contributed by atoms with van der Waals surface area (Å²) in [6, 6.07) is 11.5. The van der Waals surface area contributed by atoms with E-state index in [1.807, 2.05) is 29.2 Å². The van der Waals surface area contributed by atoms with E-state index in [0.29, 0.717) is 44.3 Å². The van der Waals surface area contributed by atoms with Crippen LogP contribution in [0, 0.1) is 0 Å². The Morgan fingerprint density at radius 2 is 1.81 bits per heavy atom. The van der Waals surface area contributed by atoms with Crippen LogP contribution >= 0.6 is 0 Å². The van der Waals surface area contributed by atoms with Gasteiger partial charge in [-0.25, -0.2) is 4.79 Å². The van der Waals surface area contributed by atoms with Crippen LogP contribution in [-0.2, 0) is 16.1 Å². The molecule has 1 aliphatic carbocycles. The van der Waals surface area contributed by atoms with Crippen LogP contribution < -0.4 is 4.74 Å². The van der Waals surface area contributed by atoms with E-state index in [9.17, 15) is 14.7 Å². The summed E-state index contributed by atoms with van der Waals surface area (Å²) in [5.41, 5.74) is 6.21. The molecular formula is C30H32N2O5. The fourth-order valence-electron chi connectivity index (χ4n) is 6.27. The van der Waals surface area contributed by atoms with Crippen LogP contribution in [0.1, 0.15) is 59.5 Å². The zero-order chi connectivity index (χ0) is 25.5. The highest BCUT2D eigenvalue weighted by Crippen LogP contribution is 2.47. The minimum Gasteiger partial charge on any atom is -0.497 e. The average Bonchev–Trinajstić information content (AvgIpc) is 3.15. The van der Waals surface area contributed by atoms with Crippen molar-refractivity contribution in [1.82, 2.24) is 9.47 Å². The third-order valence-corrected chi connectivity index (χ3v) is 8.11. The van der Waals surface area contributed by atoms with Crippen molar-refractivity contribution < 1.29 is 24.2 Å². The maximum absolute atomic E-state index is 13.8. The highest BCUT2D eigenvalue weighted by molar-refractivity contribution is 6.03. The Kier molecular flexibility index (Phi) is 6.24. The van der Waals surface area contributed by atoms with Gasteiger partial charge in [-0.2, -0.15) is 0 Å². The number of ether oxygens (including phenoxy) is 2. The zero-order valence-corrected chi connectivity index (χ0v) is 21.2. The summed E-state index contributed by atoms with van der Waals surface area (Å²) >= 11 is 0. The normalized spacial score (nSPS) is 18.1. The van der Waals surface area contributed by atoms with Crippen LogP contribution in [0.5, 0.6) is 5.75 Å². The number of nitrogens with zero attached hydrogens (tertiary/aromatic N) is 2. The zero-order valence-electron chi connectivity index (χ0n) is 21.2. The number of rotatable bonds is 4. The van der Waals surface area contributed by atoms with Gasteiger partial charge in [0, 0.05) is 35.1 Å². The van der Waals surface area contributed by atoms with Gasteiger partial charge in [-0.1, -0.05) is 25.3 Å². The molecule has 0 bridgehead atoms. The summed E-state index contributed by atoms with van der Waals surface area (Å²) in [5, 5.41) is 10.9. The summed E-state index contributed by atoms with van der Waals surface area (Å²) in [6.07, 6.45) is 7.87. The highest BCUT2D eigenvalue weighted by Gasteiger charge is 2.31. The number of amides is 1. The topological polar surface area (TPSA) is 81.0 Å². The number of fused-ring (bicyclic) bond motifs is 5. The second kappa shape index (κ2) is 9.71. The molecule has 3 aromatic rings. The van der Waals surface area contributed by atoms with E-state index in [1.165, 1.54) is 24.8 Å². The summed E-state index contributed by atoms with van der Waals surface area (Å²) in [7, 11) is 1.65. The first kappa shape index (κ1) is 23.8. The summed E-state index contributed by atoms with van der Waals surface area (Å²) in [5.74, 6) is 0.190. The lowest BCUT2D eigenvalue weighted by Crippen LogP contribution is -2.41. The molecule has 1 saturated heterocycles. The van der Waals surface area contributed by atoms with E-state index < -0.39 is 5.97 Å². The van der Waals surface area contributed by atoms with Gasteiger partial charge in [0.15, 0.2) is 0 Å². The lowest BCUT2D eigenvalue weighted by Gasteiger charge is -2.28. The number of carboxylic acids is 1. The molecule has 0 atom stereocenters. The number of carbonyl (C=O) groups is 2. The van der Waals surface area contributed by atoms with E-state index >= 15 is 0 Å². The molecule has 0 unspecified atom stereocenters.